The van der Waals surface area contributed by atoms with Gasteiger partial charge in [-0.3, -0.25) is 0 Å². The second kappa shape index (κ2) is 6.82. The first-order valence-electron chi connectivity index (χ1n) is 10.7. The van der Waals surface area contributed by atoms with Crippen LogP contribution in [0.5, 0.6) is 5.75 Å². The Morgan fingerprint density at radius 2 is 1.73 bits per heavy atom. The Bertz CT molecular complexity index is 799. The minimum Gasteiger partial charge on any atom is -0.465 e. The zero-order valence-corrected chi connectivity index (χ0v) is 17.3. The molecule has 166 valence electrons. The van der Waals surface area contributed by atoms with Crippen LogP contribution in [0.2, 0.25) is 0 Å². The lowest BCUT2D eigenvalue weighted by Gasteiger charge is -2.60. The van der Waals surface area contributed by atoms with Gasteiger partial charge in [0.2, 0.25) is 12.1 Å². The normalized spacial score (nSPS) is 45.5. The van der Waals surface area contributed by atoms with Crippen molar-refractivity contribution in [3.8, 4) is 5.75 Å². The van der Waals surface area contributed by atoms with Crippen LogP contribution in [0.3, 0.4) is 0 Å². The number of alkyl halides is 3. The first kappa shape index (κ1) is 20.5. The van der Waals surface area contributed by atoms with Crippen LogP contribution in [0, 0.1) is 23.7 Å². The molecule has 30 heavy (non-hydrogen) atoms. The predicted molar refractivity (Wildman–Crippen MR) is 98.9 cm³/mol. The van der Waals surface area contributed by atoms with E-state index >= 15 is 0 Å². The van der Waals surface area contributed by atoms with Crippen molar-refractivity contribution in [2.75, 3.05) is 0 Å². The number of halogens is 3. The Morgan fingerprint density at radius 1 is 1.00 bits per heavy atom. The lowest BCUT2D eigenvalue weighted by Crippen LogP contribution is -2.70. The van der Waals surface area contributed by atoms with Crippen LogP contribution in [-0.2, 0) is 25.4 Å². The summed E-state index contributed by atoms with van der Waals surface area (Å²) in [6, 6.07) is 4.70. The molecule has 1 aromatic rings. The molecule has 0 N–H and O–H groups in total. The quantitative estimate of drug-likeness (QED) is 0.599. The van der Waals surface area contributed by atoms with E-state index in [1.165, 1.54) is 12.1 Å². The van der Waals surface area contributed by atoms with Crippen molar-refractivity contribution in [3.63, 3.8) is 0 Å². The molecular formula is C22H27F3O5. The van der Waals surface area contributed by atoms with Gasteiger partial charge in [-0.2, -0.15) is 13.2 Å². The minimum absolute atomic E-state index is 0.0480. The van der Waals surface area contributed by atoms with Crippen LogP contribution in [0.25, 0.3) is 0 Å². The smallest absolute Gasteiger partial charge is 0.416 e. The van der Waals surface area contributed by atoms with Gasteiger partial charge in [-0.05, 0) is 62.3 Å². The maximum Gasteiger partial charge on any atom is 0.416 e. The van der Waals surface area contributed by atoms with E-state index < -0.39 is 35.7 Å². The lowest BCUT2D eigenvalue weighted by molar-refractivity contribution is -0.575. The van der Waals surface area contributed by atoms with Gasteiger partial charge >= 0.3 is 6.18 Å². The molecule has 8 atom stereocenters. The third-order valence-corrected chi connectivity index (χ3v) is 7.53. The molecular weight excluding hydrogens is 401 g/mol. The highest BCUT2D eigenvalue weighted by atomic mass is 19.4. The van der Waals surface area contributed by atoms with Gasteiger partial charge in [0.25, 0.3) is 0 Å². The number of hydrogen-bond acceptors (Lipinski definition) is 5. The van der Waals surface area contributed by atoms with Crippen LogP contribution in [0.4, 0.5) is 13.2 Å². The second-order valence-corrected chi connectivity index (χ2v) is 9.41. The summed E-state index contributed by atoms with van der Waals surface area (Å²) in [6.45, 7) is 6.13. The number of fused-ring (bicyclic) bond motifs is 2. The molecule has 0 radical (unpaired) electrons. The Labute approximate surface area is 173 Å². The summed E-state index contributed by atoms with van der Waals surface area (Å²) < 4.78 is 57.1. The van der Waals surface area contributed by atoms with Crippen molar-refractivity contribution in [2.45, 2.75) is 76.6 Å². The van der Waals surface area contributed by atoms with E-state index in [4.69, 9.17) is 24.0 Å². The highest BCUT2D eigenvalue weighted by molar-refractivity contribution is 5.29. The van der Waals surface area contributed by atoms with Gasteiger partial charge < -0.3 is 14.2 Å². The number of ether oxygens (including phenoxy) is 3. The number of rotatable bonds is 2. The van der Waals surface area contributed by atoms with E-state index in [-0.39, 0.29) is 17.8 Å². The van der Waals surface area contributed by atoms with Crippen molar-refractivity contribution < 1.29 is 37.2 Å². The van der Waals surface area contributed by atoms with E-state index in [1.807, 2.05) is 13.8 Å². The van der Waals surface area contributed by atoms with E-state index in [2.05, 4.69) is 6.92 Å². The SMILES string of the molecule is C[C@H]1[C@H](Oc2ccc(C(F)(F)F)cc2)O[C@@H]2O[C@]3(C)CC[C@H]4[C@H](C)CC[C@@H]1[C@@]24OO3. The average molecular weight is 428 g/mol. The Kier molecular flexibility index (Phi) is 4.67. The molecule has 1 aromatic carbocycles. The van der Waals surface area contributed by atoms with E-state index in [1.54, 1.807) is 0 Å². The predicted octanol–water partition coefficient (Wildman–Crippen LogP) is 5.29. The molecule has 6 rings (SSSR count). The summed E-state index contributed by atoms with van der Waals surface area (Å²) in [6.07, 6.45) is -2.03. The van der Waals surface area contributed by atoms with Gasteiger partial charge in [0.15, 0.2) is 11.9 Å². The molecule has 5 nitrogen and oxygen atoms in total. The summed E-state index contributed by atoms with van der Waals surface area (Å²) in [5.41, 5.74) is -1.40. The van der Waals surface area contributed by atoms with Crippen LogP contribution in [0.15, 0.2) is 24.3 Å². The zero-order valence-electron chi connectivity index (χ0n) is 17.3. The van der Waals surface area contributed by atoms with Gasteiger partial charge in [0.1, 0.15) is 5.75 Å². The number of benzene rings is 1. The van der Waals surface area contributed by atoms with Crippen LogP contribution >= 0.6 is 0 Å². The van der Waals surface area contributed by atoms with Crippen LogP contribution in [0.1, 0.15) is 52.0 Å². The fourth-order valence-electron chi connectivity index (χ4n) is 5.86. The summed E-state index contributed by atoms with van der Waals surface area (Å²) in [5, 5.41) is 0. The largest absolute Gasteiger partial charge is 0.465 e. The molecule has 2 bridgehead atoms. The highest BCUT2D eigenvalue weighted by Gasteiger charge is 2.69. The monoisotopic (exact) mass is 428 g/mol. The molecule has 5 fully saturated rings. The Hall–Kier alpha value is -1.35. The van der Waals surface area contributed by atoms with Crippen molar-refractivity contribution in [1.29, 1.82) is 0 Å². The third-order valence-electron chi connectivity index (χ3n) is 7.53. The molecule has 0 unspecified atom stereocenters. The highest BCUT2D eigenvalue weighted by Crippen LogP contribution is 2.60. The molecule has 4 heterocycles. The van der Waals surface area contributed by atoms with Gasteiger partial charge in [-0.25, -0.2) is 9.78 Å². The van der Waals surface area contributed by atoms with Crippen molar-refractivity contribution in [2.24, 2.45) is 23.7 Å². The fraction of sp³-hybridized carbons (Fsp3) is 0.727. The molecule has 0 amide bonds. The summed E-state index contributed by atoms with van der Waals surface area (Å²) in [5.74, 6) is 0.211. The van der Waals surface area contributed by atoms with E-state index in [0.717, 1.165) is 37.8 Å². The van der Waals surface area contributed by atoms with Crippen molar-refractivity contribution >= 4 is 0 Å². The van der Waals surface area contributed by atoms with Gasteiger partial charge in [0.05, 0.1) is 5.56 Å². The summed E-state index contributed by atoms with van der Waals surface area (Å²) in [7, 11) is 0. The molecule has 8 heteroatoms. The molecule has 4 saturated heterocycles. The van der Waals surface area contributed by atoms with E-state index in [0.29, 0.717) is 11.7 Å². The second-order valence-electron chi connectivity index (χ2n) is 9.41. The van der Waals surface area contributed by atoms with Gasteiger partial charge in [-0.15, -0.1) is 0 Å². The topological polar surface area (TPSA) is 46.2 Å². The maximum absolute atomic E-state index is 12.8. The molecule has 0 aromatic heterocycles. The average Bonchev–Trinajstić information content (AvgIpc) is 2.92. The molecule has 1 aliphatic carbocycles. The molecule has 1 spiro atoms. The molecule has 5 aliphatic rings. The van der Waals surface area contributed by atoms with Crippen LogP contribution in [-0.4, -0.2) is 24.0 Å². The van der Waals surface area contributed by atoms with E-state index in [9.17, 15) is 13.2 Å². The van der Waals surface area contributed by atoms with Gasteiger partial charge in [-0.1, -0.05) is 13.8 Å². The molecule has 1 saturated carbocycles. The first-order valence-corrected chi connectivity index (χ1v) is 10.7. The van der Waals surface area contributed by atoms with Crippen LogP contribution < -0.4 is 4.74 Å². The lowest BCUT2D eigenvalue weighted by atomic mass is 9.58. The van der Waals surface area contributed by atoms with Gasteiger partial charge in [0, 0.05) is 18.3 Å². The minimum atomic E-state index is -4.38. The summed E-state index contributed by atoms with van der Waals surface area (Å²) >= 11 is 0. The zero-order chi connectivity index (χ0) is 21.3. The molecule has 4 aliphatic heterocycles. The Morgan fingerprint density at radius 3 is 2.43 bits per heavy atom. The first-order chi connectivity index (χ1) is 14.1. The Balaban J connectivity index is 1.43. The summed E-state index contributed by atoms with van der Waals surface area (Å²) in [4.78, 5) is 11.9. The van der Waals surface area contributed by atoms with Crippen molar-refractivity contribution in [3.05, 3.63) is 29.8 Å². The standard InChI is InChI=1S/C22H27F3O5/c1-12-4-9-17-13(2)18(26-15-7-5-14(6-8-15)22(23,24)25)27-19-21(17)16(12)10-11-20(3,28-19)29-30-21/h5-8,12-13,16-19H,4,9-11H2,1-3H3/t12-,13-,16+,17+,18-,19-,20+,21-/m1/s1. The van der Waals surface area contributed by atoms with Crippen molar-refractivity contribution in [1.82, 2.24) is 0 Å². The fourth-order valence-corrected chi connectivity index (χ4v) is 5.86. The number of hydrogen-bond donors (Lipinski definition) is 0. The maximum atomic E-state index is 12.8. The third kappa shape index (κ3) is 3.06.